The van der Waals surface area contributed by atoms with Gasteiger partial charge in [-0.1, -0.05) is 0 Å². The Kier molecular flexibility index (Phi) is 11.7. The molecule has 8 nitrogen and oxygen atoms in total. The van der Waals surface area contributed by atoms with Gasteiger partial charge < -0.3 is 25.4 Å². The number of hydrogen-bond acceptors (Lipinski definition) is 5. The molecule has 0 spiro atoms. The van der Waals surface area contributed by atoms with Gasteiger partial charge in [0.2, 0.25) is 0 Å². The lowest BCUT2D eigenvalue weighted by Crippen LogP contribution is -2.59. The fourth-order valence-corrected chi connectivity index (χ4v) is 2.96. The number of hydrogen-bond donors (Lipinski definition) is 3. The first-order chi connectivity index (χ1) is 12.4. The smallest absolute Gasteiger partial charge is 0.407 e. The van der Waals surface area contributed by atoms with Gasteiger partial charge in [-0.15, -0.1) is 24.0 Å². The Morgan fingerprint density at radius 2 is 1.61 bits per heavy atom. The largest absolute Gasteiger partial charge is 0.444 e. The lowest BCUT2D eigenvalue weighted by molar-refractivity contribution is -0.0946. The number of carbonyl (C=O) groups is 1. The topological polar surface area (TPSA) is 87.2 Å². The van der Waals surface area contributed by atoms with Crippen LogP contribution in [0.2, 0.25) is 0 Å². The van der Waals surface area contributed by atoms with Gasteiger partial charge in [-0.05, 0) is 48.5 Å². The molecule has 1 heterocycles. The van der Waals surface area contributed by atoms with E-state index in [1.807, 2.05) is 20.8 Å². The lowest BCUT2D eigenvalue weighted by atomic mass is 10.00. The van der Waals surface area contributed by atoms with Crippen molar-refractivity contribution in [1.82, 2.24) is 20.9 Å². The number of rotatable bonds is 6. The molecule has 1 amide bonds. The second-order valence-corrected chi connectivity index (χ2v) is 8.76. The highest BCUT2D eigenvalue weighted by Gasteiger charge is 2.33. The molecular weight excluding hydrogens is 473 g/mol. The minimum atomic E-state index is -0.491. The molecule has 0 aliphatic carbocycles. The number of amides is 1. The van der Waals surface area contributed by atoms with Crippen molar-refractivity contribution in [1.29, 1.82) is 0 Å². The SMILES string of the molecule is CN=C(NCCNC(=O)OC(C)(C)C)NCC(C)(C)N1CC(C)OC(C)C1.I. The normalized spacial score (nSPS) is 21.5. The standard InChI is InChI=1S/C19H39N5O3.HI/c1-14-11-24(12-15(2)26-14)19(6,7)13-23-16(20-8)21-9-10-22-17(25)27-18(3,4)5;/h14-15H,9-13H2,1-8H3,(H,22,25)(H2,20,21,23);1H. The van der Waals surface area contributed by atoms with Gasteiger partial charge in [-0.25, -0.2) is 4.79 Å². The first kappa shape index (κ1) is 27.2. The summed E-state index contributed by atoms with van der Waals surface area (Å²) >= 11 is 0. The summed E-state index contributed by atoms with van der Waals surface area (Å²) in [5.74, 6) is 0.712. The van der Waals surface area contributed by atoms with E-state index in [0.29, 0.717) is 19.0 Å². The van der Waals surface area contributed by atoms with Crippen molar-refractivity contribution in [3.05, 3.63) is 0 Å². The lowest BCUT2D eigenvalue weighted by Gasteiger charge is -2.45. The van der Waals surface area contributed by atoms with Crippen LogP contribution in [0.25, 0.3) is 0 Å². The zero-order valence-corrected chi connectivity index (χ0v) is 21.0. The van der Waals surface area contributed by atoms with Gasteiger partial charge in [0, 0.05) is 45.3 Å². The van der Waals surface area contributed by atoms with E-state index in [0.717, 1.165) is 19.6 Å². The maximum absolute atomic E-state index is 11.6. The summed E-state index contributed by atoms with van der Waals surface area (Å²) in [6.45, 7) is 17.8. The zero-order valence-electron chi connectivity index (χ0n) is 18.7. The van der Waals surface area contributed by atoms with Crippen LogP contribution in [0.4, 0.5) is 4.79 Å². The Hall–Kier alpha value is -0.810. The van der Waals surface area contributed by atoms with Crippen LogP contribution in [0.1, 0.15) is 48.5 Å². The Morgan fingerprint density at radius 1 is 1.07 bits per heavy atom. The van der Waals surface area contributed by atoms with Gasteiger partial charge in [0.15, 0.2) is 5.96 Å². The number of guanidine groups is 1. The summed E-state index contributed by atoms with van der Waals surface area (Å²) in [6.07, 6.45) is 0.0673. The molecule has 0 bridgehead atoms. The fraction of sp³-hybridized carbons (Fsp3) is 0.895. The predicted molar refractivity (Wildman–Crippen MR) is 125 cm³/mol. The maximum Gasteiger partial charge on any atom is 0.407 e. The van der Waals surface area contributed by atoms with Crippen molar-refractivity contribution in [3.63, 3.8) is 0 Å². The van der Waals surface area contributed by atoms with E-state index in [2.05, 4.69) is 53.5 Å². The number of nitrogens with zero attached hydrogens (tertiary/aromatic N) is 2. The molecule has 1 aliphatic rings. The van der Waals surface area contributed by atoms with Crippen molar-refractivity contribution in [3.8, 4) is 0 Å². The second-order valence-electron chi connectivity index (χ2n) is 8.76. The predicted octanol–water partition coefficient (Wildman–Crippen LogP) is 2.18. The van der Waals surface area contributed by atoms with E-state index in [9.17, 15) is 4.79 Å². The van der Waals surface area contributed by atoms with Crippen molar-refractivity contribution in [2.75, 3.05) is 39.8 Å². The Balaban J connectivity index is 0.00000729. The monoisotopic (exact) mass is 513 g/mol. The molecule has 1 saturated heterocycles. The number of nitrogens with one attached hydrogen (secondary N) is 3. The molecule has 0 saturated carbocycles. The molecule has 9 heteroatoms. The highest BCUT2D eigenvalue weighted by atomic mass is 127. The number of ether oxygens (including phenoxy) is 2. The van der Waals surface area contributed by atoms with Gasteiger partial charge >= 0.3 is 6.09 Å². The highest BCUT2D eigenvalue weighted by molar-refractivity contribution is 14.0. The Morgan fingerprint density at radius 3 is 2.11 bits per heavy atom. The molecule has 2 atom stereocenters. The average molecular weight is 513 g/mol. The quantitative estimate of drug-likeness (QED) is 0.219. The number of alkyl carbamates (subject to hydrolysis) is 1. The molecule has 3 N–H and O–H groups in total. The number of carbonyl (C=O) groups excluding carboxylic acids is 1. The molecule has 166 valence electrons. The van der Waals surface area contributed by atoms with E-state index in [4.69, 9.17) is 9.47 Å². The zero-order chi connectivity index (χ0) is 20.7. The van der Waals surface area contributed by atoms with Gasteiger partial charge in [0.25, 0.3) is 0 Å². The van der Waals surface area contributed by atoms with Crippen LogP contribution in [0.5, 0.6) is 0 Å². The molecule has 0 aromatic rings. The molecule has 0 aromatic heterocycles. The Labute approximate surface area is 187 Å². The van der Waals surface area contributed by atoms with Gasteiger partial charge in [-0.2, -0.15) is 0 Å². The first-order valence-electron chi connectivity index (χ1n) is 9.75. The molecule has 28 heavy (non-hydrogen) atoms. The van der Waals surface area contributed by atoms with E-state index in [-0.39, 0.29) is 41.7 Å². The van der Waals surface area contributed by atoms with Gasteiger partial charge in [0.1, 0.15) is 5.60 Å². The van der Waals surface area contributed by atoms with Crippen LogP contribution in [-0.2, 0) is 9.47 Å². The molecule has 0 radical (unpaired) electrons. The van der Waals surface area contributed by atoms with E-state index in [1.54, 1.807) is 7.05 Å². The van der Waals surface area contributed by atoms with Crippen molar-refractivity contribution < 1.29 is 14.3 Å². The summed E-state index contributed by atoms with van der Waals surface area (Å²) in [5, 5.41) is 9.31. The summed E-state index contributed by atoms with van der Waals surface area (Å²) in [7, 11) is 1.74. The van der Waals surface area contributed by atoms with Crippen LogP contribution in [0, 0.1) is 0 Å². The first-order valence-corrected chi connectivity index (χ1v) is 9.75. The van der Waals surface area contributed by atoms with Crippen molar-refractivity contribution in [2.24, 2.45) is 4.99 Å². The number of morpholine rings is 1. The minimum Gasteiger partial charge on any atom is -0.444 e. The van der Waals surface area contributed by atoms with Crippen LogP contribution < -0.4 is 16.0 Å². The van der Waals surface area contributed by atoms with Crippen LogP contribution in [-0.4, -0.2) is 80.1 Å². The van der Waals surface area contributed by atoms with Crippen molar-refractivity contribution in [2.45, 2.75) is 71.8 Å². The van der Waals surface area contributed by atoms with Crippen molar-refractivity contribution >= 4 is 36.0 Å². The van der Waals surface area contributed by atoms with Gasteiger partial charge in [-0.3, -0.25) is 9.89 Å². The van der Waals surface area contributed by atoms with Crippen LogP contribution in [0.15, 0.2) is 4.99 Å². The van der Waals surface area contributed by atoms with Crippen LogP contribution >= 0.6 is 24.0 Å². The van der Waals surface area contributed by atoms with Gasteiger partial charge in [0.05, 0.1) is 12.2 Å². The maximum atomic E-state index is 11.6. The third-order valence-electron chi connectivity index (χ3n) is 4.27. The highest BCUT2D eigenvalue weighted by Crippen LogP contribution is 2.20. The molecule has 0 aromatic carbocycles. The third-order valence-corrected chi connectivity index (χ3v) is 4.27. The summed E-state index contributed by atoms with van der Waals surface area (Å²) in [6, 6.07) is 0. The molecule has 1 aliphatic heterocycles. The second kappa shape index (κ2) is 12.0. The molecule has 2 unspecified atom stereocenters. The Bertz CT molecular complexity index is 498. The third kappa shape index (κ3) is 10.7. The average Bonchev–Trinajstić information content (AvgIpc) is 2.51. The van der Waals surface area contributed by atoms with E-state index < -0.39 is 11.7 Å². The van der Waals surface area contributed by atoms with Crippen LogP contribution in [0.3, 0.4) is 0 Å². The van der Waals surface area contributed by atoms with E-state index in [1.165, 1.54) is 0 Å². The summed E-state index contributed by atoms with van der Waals surface area (Å²) < 4.78 is 11.0. The number of aliphatic imine (C=N–C) groups is 1. The molecule has 1 rings (SSSR count). The minimum absolute atomic E-state index is 0. The summed E-state index contributed by atoms with van der Waals surface area (Å²) in [4.78, 5) is 18.3. The molecule has 1 fully saturated rings. The number of halogens is 1. The summed E-state index contributed by atoms with van der Waals surface area (Å²) in [5.41, 5.74) is -0.520. The van der Waals surface area contributed by atoms with E-state index >= 15 is 0 Å². The fourth-order valence-electron chi connectivity index (χ4n) is 2.96. The molecular formula is C19H40IN5O3.